The first-order chi connectivity index (χ1) is 16.0. The van der Waals surface area contributed by atoms with Gasteiger partial charge >= 0.3 is 0 Å². The average Bonchev–Trinajstić information content (AvgIpc) is 3.51. The van der Waals surface area contributed by atoms with Gasteiger partial charge in [-0.25, -0.2) is 4.68 Å². The zero-order chi connectivity index (χ0) is 22.9. The molecule has 0 radical (unpaired) electrons. The topological polar surface area (TPSA) is 46.3 Å². The number of carbonyl (C=O) groups excluding carboxylic acids is 1. The zero-order valence-electron chi connectivity index (χ0n) is 18.8. The lowest BCUT2D eigenvalue weighted by Crippen LogP contribution is -2.49. The molecule has 0 unspecified atom stereocenters. The molecule has 3 heterocycles. The first-order valence-corrected chi connectivity index (χ1v) is 11.5. The third-order valence-electron chi connectivity index (χ3n) is 6.18. The number of aromatic nitrogens is 3. The van der Waals surface area contributed by atoms with Gasteiger partial charge in [-0.1, -0.05) is 35.4 Å². The fraction of sp³-hybridized carbons (Fsp3) is 0.231. The van der Waals surface area contributed by atoms with Crippen molar-refractivity contribution in [1.29, 1.82) is 0 Å². The van der Waals surface area contributed by atoms with Crippen LogP contribution in [0, 0.1) is 13.8 Å². The smallest absolute Gasteiger partial charge is 0.259 e. The Hall–Kier alpha value is -3.51. The number of nitrogens with zero attached hydrogens (tertiary/aromatic N) is 5. The van der Waals surface area contributed by atoms with Crippen molar-refractivity contribution in [1.82, 2.24) is 19.2 Å². The molecule has 2 aromatic carbocycles. The normalized spacial score (nSPS) is 14.0. The number of hydrogen-bond acceptors (Lipinski definition) is 3. The maximum Gasteiger partial charge on any atom is 0.259 e. The molecule has 7 heteroatoms. The second-order valence-electron chi connectivity index (χ2n) is 8.43. The molecule has 0 spiro atoms. The number of halogens is 1. The number of rotatable bonds is 4. The standard InChI is InChI=1S/C26H26ClN5O/c1-19-5-9-22(10-6-19)32-25(30-11-3-4-12-30)23(18-28-32)26(33)31-15-13-29(14-16-31)24-17-21(27)8-7-20(24)2/h3-12,17-18H,13-16H2,1-2H3. The van der Waals surface area contributed by atoms with Crippen molar-refractivity contribution in [2.75, 3.05) is 31.1 Å². The largest absolute Gasteiger partial charge is 0.368 e. The molecule has 168 valence electrons. The minimum absolute atomic E-state index is 0.000437. The Bertz CT molecular complexity index is 1270. The molecule has 1 aliphatic heterocycles. The lowest BCUT2D eigenvalue weighted by molar-refractivity contribution is 0.0746. The Balaban J connectivity index is 1.41. The molecule has 1 amide bonds. The van der Waals surface area contributed by atoms with Crippen LogP contribution < -0.4 is 4.90 Å². The molecular formula is C26H26ClN5O. The quantitative estimate of drug-likeness (QED) is 0.436. The van der Waals surface area contributed by atoms with Crippen LogP contribution >= 0.6 is 11.6 Å². The zero-order valence-corrected chi connectivity index (χ0v) is 19.5. The van der Waals surface area contributed by atoms with Crippen LogP contribution in [0.3, 0.4) is 0 Å². The molecule has 0 saturated carbocycles. The van der Waals surface area contributed by atoms with Crippen molar-refractivity contribution >= 4 is 23.2 Å². The summed E-state index contributed by atoms with van der Waals surface area (Å²) in [6, 6.07) is 18.0. The third-order valence-corrected chi connectivity index (χ3v) is 6.42. The number of amides is 1. The summed E-state index contributed by atoms with van der Waals surface area (Å²) in [6.07, 6.45) is 5.57. The Morgan fingerprint density at radius 3 is 2.33 bits per heavy atom. The van der Waals surface area contributed by atoms with Crippen molar-refractivity contribution in [2.45, 2.75) is 13.8 Å². The molecule has 6 nitrogen and oxygen atoms in total. The van der Waals surface area contributed by atoms with E-state index in [-0.39, 0.29) is 5.91 Å². The number of hydrogen-bond donors (Lipinski definition) is 0. The van der Waals surface area contributed by atoms with Crippen molar-refractivity contribution in [3.8, 4) is 11.5 Å². The van der Waals surface area contributed by atoms with Crippen molar-refractivity contribution in [2.24, 2.45) is 0 Å². The molecule has 1 fully saturated rings. The molecule has 0 atom stereocenters. The van der Waals surface area contributed by atoms with E-state index in [9.17, 15) is 4.79 Å². The summed E-state index contributed by atoms with van der Waals surface area (Å²) >= 11 is 6.22. The highest BCUT2D eigenvalue weighted by atomic mass is 35.5. The minimum atomic E-state index is -0.000437. The Morgan fingerprint density at radius 2 is 1.64 bits per heavy atom. The number of aryl methyl sites for hydroxylation is 2. The first kappa shape index (κ1) is 21.3. The Labute approximate surface area is 198 Å². The molecule has 5 rings (SSSR count). The molecule has 0 N–H and O–H groups in total. The second-order valence-corrected chi connectivity index (χ2v) is 8.87. The van der Waals surface area contributed by atoms with Crippen LogP contribution in [0.25, 0.3) is 11.5 Å². The summed E-state index contributed by atoms with van der Waals surface area (Å²) in [5.74, 6) is 0.751. The second kappa shape index (κ2) is 8.79. The van der Waals surface area contributed by atoms with Crippen molar-refractivity contribution in [3.05, 3.63) is 94.9 Å². The summed E-state index contributed by atoms with van der Waals surface area (Å²) in [6.45, 7) is 6.96. The molecule has 0 aliphatic carbocycles. The van der Waals surface area contributed by atoms with Gasteiger partial charge in [-0.2, -0.15) is 5.10 Å². The van der Waals surface area contributed by atoms with E-state index in [1.54, 1.807) is 6.20 Å². The predicted molar refractivity (Wildman–Crippen MR) is 132 cm³/mol. The average molecular weight is 460 g/mol. The lowest BCUT2D eigenvalue weighted by atomic mass is 10.1. The highest BCUT2D eigenvalue weighted by Gasteiger charge is 2.27. The summed E-state index contributed by atoms with van der Waals surface area (Å²) in [7, 11) is 0. The maximum atomic E-state index is 13.6. The monoisotopic (exact) mass is 459 g/mol. The first-order valence-electron chi connectivity index (χ1n) is 11.1. The summed E-state index contributed by atoms with van der Waals surface area (Å²) in [5, 5.41) is 5.33. The summed E-state index contributed by atoms with van der Waals surface area (Å²) in [4.78, 5) is 17.8. The van der Waals surface area contributed by atoms with Crippen LogP contribution in [-0.4, -0.2) is 51.3 Å². The van der Waals surface area contributed by atoms with Gasteiger partial charge in [-0.05, 0) is 55.8 Å². The van der Waals surface area contributed by atoms with E-state index >= 15 is 0 Å². The van der Waals surface area contributed by atoms with Gasteiger partial charge in [-0.3, -0.25) is 4.79 Å². The summed E-state index contributed by atoms with van der Waals surface area (Å²) in [5.41, 5.74) is 5.02. The van der Waals surface area contributed by atoms with Gasteiger partial charge in [0.15, 0.2) is 5.82 Å². The van der Waals surface area contributed by atoms with E-state index in [0.29, 0.717) is 18.7 Å². The van der Waals surface area contributed by atoms with E-state index in [1.807, 2.05) is 69.0 Å². The van der Waals surface area contributed by atoms with E-state index in [2.05, 4.69) is 36.0 Å². The van der Waals surface area contributed by atoms with Crippen LogP contribution in [0.4, 0.5) is 5.69 Å². The van der Waals surface area contributed by atoms with Crippen LogP contribution in [-0.2, 0) is 0 Å². The molecule has 33 heavy (non-hydrogen) atoms. The van der Waals surface area contributed by atoms with Crippen LogP contribution in [0.2, 0.25) is 5.02 Å². The molecular weight excluding hydrogens is 434 g/mol. The number of carbonyl (C=O) groups is 1. The fourth-order valence-corrected chi connectivity index (χ4v) is 4.50. The van der Waals surface area contributed by atoms with E-state index in [0.717, 1.165) is 35.3 Å². The molecule has 4 aromatic rings. The highest BCUT2D eigenvalue weighted by Crippen LogP contribution is 2.27. The minimum Gasteiger partial charge on any atom is -0.368 e. The van der Waals surface area contributed by atoms with E-state index in [1.165, 1.54) is 11.1 Å². The van der Waals surface area contributed by atoms with Gasteiger partial charge in [0.05, 0.1) is 11.9 Å². The van der Waals surface area contributed by atoms with Crippen molar-refractivity contribution in [3.63, 3.8) is 0 Å². The van der Waals surface area contributed by atoms with Gasteiger partial charge in [0, 0.05) is 49.3 Å². The van der Waals surface area contributed by atoms with Crippen molar-refractivity contribution < 1.29 is 4.79 Å². The van der Waals surface area contributed by atoms with E-state index < -0.39 is 0 Å². The fourth-order valence-electron chi connectivity index (χ4n) is 4.34. The van der Waals surface area contributed by atoms with Gasteiger partial charge in [0.25, 0.3) is 5.91 Å². The van der Waals surface area contributed by atoms with Gasteiger partial charge in [-0.15, -0.1) is 0 Å². The maximum absolute atomic E-state index is 13.6. The lowest BCUT2D eigenvalue weighted by Gasteiger charge is -2.36. The molecule has 0 bridgehead atoms. The SMILES string of the molecule is Cc1ccc(-n2ncc(C(=O)N3CCN(c4cc(Cl)ccc4C)CC3)c2-n2cccc2)cc1. The van der Waals surface area contributed by atoms with Crippen LogP contribution in [0.15, 0.2) is 73.2 Å². The molecule has 1 aliphatic rings. The number of benzene rings is 2. The van der Waals surface area contributed by atoms with Crippen LogP contribution in [0.1, 0.15) is 21.5 Å². The Morgan fingerprint density at radius 1 is 0.939 bits per heavy atom. The number of anilines is 1. The highest BCUT2D eigenvalue weighted by molar-refractivity contribution is 6.30. The third kappa shape index (κ3) is 4.14. The van der Waals surface area contributed by atoms with Crippen LogP contribution in [0.5, 0.6) is 0 Å². The number of piperazine rings is 1. The Kier molecular flexibility index (Phi) is 5.68. The van der Waals surface area contributed by atoms with Gasteiger partial charge in [0.1, 0.15) is 5.56 Å². The van der Waals surface area contributed by atoms with Gasteiger partial charge in [0.2, 0.25) is 0 Å². The van der Waals surface area contributed by atoms with E-state index in [4.69, 9.17) is 11.6 Å². The summed E-state index contributed by atoms with van der Waals surface area (Å²) < 4.78 is 3.78. The van der Waals surface area contributed by atoms with Gasteiger partial charge < -0.3 is 14.4 Å². The molecule has 1 saturated heterocycles. The predicted octanol–water partition coefficient (Wildman–Crippen LogP) is 4.90. The molecule has 2 aromatic heterocycles.